The number of ether oxygens (including phenoxy) is 4. The Morgan fingerprint density at radius 2 is 1.93 bits per heavy atom. The fourth-order valence-electron chi connectivity index (χ4n) is 4.17. The highest BCUT2D eigenvalue weighted by Gasteiger charge is 2.32. The highest BCUT2D eigenvalue weighted by molar-refractivity contribution is 7.80. The Labute approximate surface area is 239 Å². The van der Waals surface area contributed by atoms with Crippen molar-refractivity contribution in [2.45, 2.75) is 33.2 Å². The Morgan fingerprint density at radius 1 is 1.15 bits per heavy atom. The molecule has 11 heteroatoms. The van der Waals surface area contributed by atoms with Crippen molar-refractivity contribution >= 4 is 35.4 Å². The molecule has 0 fully saturated rings. The number of nitrogens with one attached hydrogen (secondary N) is 3. The van der Waals surface area contributed by atoms with Gasteiger partial charge in [0.15, 0.2) is 23.2 Å². The van der Waals surface area contributed by atoms with Crippen molar-refractivity contribution in [1.82, 2.24) is 16.1 Å². The van der Waals surface area contributed by atoms with Crippen LogP contribution in [0, 0.1) is 0 Å². The molecule has 1 atom stereocenters. The van der Waals surface area contributed by atoms with E-state index in [1.165, 1.54) is 6.21 Å². The zero-order chi connectivity index (χ0) is 29.1. The van der Waals surface area contributed by atoms with Gasteiger partial charge in [0.05, 0.1) is 38.2 Å². The van der Waals surface area contributed by atoms with Crippen LogP contribution in [0.15, 0.2) is 65.4 Å². The molecule has 212 valence electrons. The summed E-state index contributed by atoms with van der Waals surface area (Å²) in [4.78, 5) is 25.3. The number of nitrogens with zero attached hydrogens (tertiary/aromatic N) is 1. The minimum atomic E-state index is -0.621. The topological polar surface area (TPSA) is 120 Å². The number of carbonyl (C=O) groups excluding carboxylic acids is 2. The Morgan fingerprint density at radius 3 is 2.62 bits per heavy atom. The van der Waals surface area contributed by atoms with Crippen molar-refractivity contribution < 1.29 is 28.5 Å². The summed E-state index contributed by atoms with van der Waals surface area (Å²) < 4.78 is 22.3. The first kappa shape index (κ1) is 30.2. The standard InChI is InChI=1S/C29H34N4O6S/c1-6-11-20-14-19(15-23(37-7-2)27(20)36-5)16-30-33-24(34)17-39-22-13-10-9-12-21(22)26-25(28(35)38-8-3)18(4)31-29(40)32-26/h6,9-10,12-16,26H,1,7-8,11,17H2,2-5H3,(H,33,34)(H2,31,32,40)/t26-/m1/s1. The van der Waals surface area contributed by atoms with Gasteiger partial charge in [0.1, 0.15) is 5.75 Å². The molecule has 0 aliphatic carbocycles. The largest absolute Gasteiger partial charge is 0.493 e. The number of benzene rings is 2. The van der Waals surface area contributed by atoms with Crippen molar-refractivity contribution in [3.8, 4) is 17.2 Å². The zero-order valence-electron chi connectivity index (χ0n) is 23.0. The van der Waals surface area contributed by atoms with E-state index in [4.69, 9.17) is 31.2 Å². The van der Waals surface area contributed by atoms with E-state index in [-0.39, 0.29) is 13.2 Å². The summed E-state index contributed by atoms with van der Waals surface area (Å²) >= 11 is 5.31. The number of thiocarbonyl (C=S) groups is 1. The smallest absolute Gasteiger partial charge is 0.338 e. The molecule has 0 unspecified atom stereocenters. The van der Waals surface area contributed by atoms with Crippen LogP contribution in [0.3, 0.4) is 0 Å². The van der Waals surface area contributed by atoms with Gasteiger partial charge in [-0.15, -0.1) is 6.58 Å². The molecule has 0 spiro atoms. The van der Waals surface area contributed by atoms with Gasteiger partial charge in [0.2, 0.25) is 0 Å². The van der Waals surface area contributed by atoms with Crippen LogP contribution in [-0.4, -0.2) is 50.1 Å². The molecule has 2 aromatic rings. The van der Waals surface area contributed by atoms with Gasteiger partial charge in [-0.25, -0.2) is 10.2 Å². The predicted molar refractivity (Wildman–Crippen MR) is 157 cm³/mol. The van der Waals surface area contributed by atoms with Crippen molar-refractivity contribution in [2.24, 2.45) is 5.10 Å². The van der Waals surface area contributed by atoms with Crippen LogP contribution < -0.4 is 30.3 Å². The second kappa shape index (κ2) is 14.7. The SMILES string of the molecule is C=CCc1cc(C=NNC(=O)COc2ccccc2[C@H]2NC(=S)NC(C)=C2C(=O)OCC)cc(OCC)c1OC. The number of hydrazone groups is 1. The number of methoxy groups -OCH3 is 1. The molecule has 0 saturated heterocycles. The molecule has 3 rings (SSSR count). The molecule has 3 N–H and O–H groups in total. The number of hydrogen-bond acceptors (Lipinski definition) is 8. The molecule has 1 heterocycles. The van der Waals surface area contributed by atoms with Crippen LogP contribution in [0.2, 0.25) is 0 Å². The predicted octanol–water partition coefficient (Wildman–Crippen LogP) is 3.71. The van der Waals surface area contributed by atoms with Crippen molar-refractivity contribution in [3.63, 3.8) is 0 Å². The number of rotatable bonds is 13. The Bertz CT molecular complexity index is 1320. The second-order valence-electron chi connectivity index (χ2n) is 8.55. The summed E-state index contributed by atoms with van der Waals surface area (Å²) in [6, 6.07) is 10.1. The number of para-hydroxylation sites is 1. The summed E-state index contributed by atoms with van der Waals surface area (Å²) in [6.07, 6.45) is 3.86. The lowest BCUT2D eigenvalue weighted by molar-refractivity contribution is -0.139. The average molecular weight is 567 g/mol. The maximum Gasteiger partial charge on any atom is 0.338 e. The van der Waals surface area contributed by atoms with Gasteiger partial charge in [-0.2, -0.15) is 5.10 Å². The van der Waals surface area contributed by atoms with Crippen LogP contribution in [0.4, 0.5) is 0 Å². The molecule has 1 aliphatic rings. The summed E-state index contributed by atoms with van der Waals surface area (Å²) in [5.41, 5.74) is 5.66. The van der Waals surface area contributed by atoms with Gasteiger partial charge in [-0.1, -0.05) is 24.3 Å². The van der Waals surface area contributed by atoms with Gasteiger partial charge >= 0.3 is 5.97 Å². The van der Waals surface area contributed by atoms with Gasteiger partial charge in [-0.05, 0) is 63.2 Å². The molecule has 0 bridgehead atoms. The number of amides is 1. The normalized spacial score (nSPS) is 14.7. The molecule has 40 heavy (non-hydrogen) atoms. The lowest BCUT2D eigenvalue weighted by Gasteiger charge is -2.30. The Hall–Kier alpha value is -4.38. The summed E-state index contributed by atoms with van der Waals surface area (Å²) in [5.74, 6) is 0.674. The van der Waals surface area contributed by atoms with Crippen LogP contribution in [0.5, 0.6) is 17.2 Å². The quantitative estimate of drug-likeness (QED) is 0.110. The lowest BCUT2D eigenvalue weighted by atomic mass is 9.95. The molecule has 0 radical (unpaired) electrons. The Kier molecular flexibility index (Phi) is 11.1. The molecule has 1 amide bonds. The molecular formula is C29H34N4O6S. The maximum absolute atomic E-state index is 12.7. The minimum Gasteiger partial charge on any atom is -0.493 e. The third-order valence-electron chi connectivity index (χ3n) is 5.78. The first-order chi connectivity index (χ1) is 19.3. The van der Waals surface area contributed by atoms with Crippen LogP contribution in [0.25, 0.3) is 0 Å². The van der Waals surface area contributed by atoms with E-state index in [9.17, 15) is 9.59 Å². The second-order valence-corrected chi connectivity index (χ2v) is 8.96. The van der Waals surface area contributed by atoms with E-state index in [0.29, 0.717) is 57.8 Å². The lowest BCUT2D eigenvalue weighted by Crippen LogP contribution is -2.45. The summed E-state index contributed by atoms with van der Waals surface area (Å²) in [7, 11) is 1.58. The maximum atomic E-state index is 12.7. The monoisotopic (exact) mass is 566 g/mol. The van der Waals surface area contributed by atoms with Crippen molar-refractivity contribution in [3.05, 3.63) is 77.0 Å². The van der Waals surface area contributed by atoms with Crippen LogP contribution in [-0.2, 0) is 20.7 Å². The van der Waals surface area contributed by atoms with E-state index in [2.05, 4.69) is 27.7 Å². The number of esters is 1. The zero-order valence-corrected chi connectivity index (χ0v) is 23.9. The minimum absolute atomic E-state index is 0.227. The van der Waals surface area contributed by atoms with Gasteiger partial charge < -0.3 is 29.6 Å². The highest BCUT2D eigenvalue weighted by Crippen LogP contribution is 2.34. The van der Waals surface area contributed by atoms with E-state index in [1.54, 1.807) is 51.3 Å². The molecule has 10 nitrogen and oxygen atoms in total. The van der Waals surface area contributed by atoms with Crippen LogP contribution >= 0.6 is 12.2 Å². The molecular weight excluding hydrogens is 532 g/mol. The third kappa shape index (κ3) is 7.60. The average Bonchev–Trinajstić information content (AvgIpc) is 2.92. The van der Waals surface area contributed by atoms with Gasteiger partial charge in [-0.3, -0.25) is 4.79 Å². The first-order valence-corrected chi connectivity index (χ1v) is 13.2. The number of carbonyl (C=O) groups is 2. The fraction of sp³-hybridized carbons (Fsp3) is 0.310. The number of hydrogen-bond donors (Lipinski definition) is 3. The molecule has 0 saturated carbocycles. The molecule has 2 aromatic carbocycles. The van der Waals surface area contributed by atoms with E-state index >= 15 is 0 Å². The first-order valence-electron chi connectivity index (χ1n) is 12.8. The van der Waals surface area contributed by atoms with E-state index in [1.807, 2.05) is 19.1 Å². The van der Waals surface area contributed by atoms with E-state index < -0.39 is 17.9 Å². The highest BCUT2D eigenvalue weighted by atomic mass is 32.1. The van der Waals surface area contributed by atoms with Crippen LogP contribution in [0.1, 0.15) is 43.5 Å². The van der Waals surface area contributed by atoms with E-state index in [0.717, 1.165) is 5.56 Å². The molecule has 0 aromatic heterocycles. The number of allylic oxidation sites excluding steroid dienone is 2. The van der Waals surface area contributed by atoms with Crippen molar-refractivity contribution in [2.75, 3.05) is 26.9 Å². The molecule has 1 aliphatic heterocycles. The summed E-state index contributed by atoms with van der Waals surface area (Å²) in [5, 5.41) is 10.5. The third-order valence-corrected chi connectivity index (χ3v) is 6.00. The summed E-state index contributed by atoms with van der Waals surface area (Å²) in [6.45, 7) is 9.55. The van der Waals surface area contributed by atoms with Crippen molar-refractivity contribution in [1.29, 1.82) is 0 Å². The van der Waals surface area contributed by atoms with Gasteiger partial charge in [0, 0.05) is 16.8 Å². The fourth-order valence-corrected chi connectivity index (χ4v) is 4.44. The van der Waals surface area contributed by atoms with Gasteiger partial charge in [0.25, 0.3) is 5.91 Å². The Balaban J connectivity index is 1.73.